The van der Waals surface area contributed by atoms with Crippen LogP contribution >= 0.6 is 0 Å². The summed E-state index contributed by atoms with van der Waals surface area (Å²) in [4.78, 5) is 161. The second-order valence-corrected chi connectivity index (χ2v) is 37.7. The number of aliphatic imine (C=N–C) groups is 2. The molecule has 2 heterocycles. The molecule has 10 amide bonds. The lowest BCUT2D eigenvalue weighted by Gasteiger charge is -2.35. The summed E-state index contributed by atoms with van der Waals surface area (Å²) < 4.78 is 85.4. The number of amides is 10. The fraction of sp³-hybridized carbons (Fsp3) is 0.627. The van der Waals surface area contributed by atoms with Crippen LogP contribution in [-0.2, 0) is 91.9 Å². The number of carbonyl (C=O) groups excluding carboxylic acids is 10. The molecule has 0 bridgehead atoms. The number of benzene rings is 3. The van der Waals surface area contributed by atoms with Gasteiger partial charge in [-0.1, -0.05) is 51.1 Å². The molecule has 0 radical (unpaired) electrons. The number of fused-ring (bicyclic) bond motifs is 2. The Bertz CT molecular complexity index is 4560. The van der Waals surface area contributed by atoms with E-state index >= 15 is 9.59 Å². The summed E-state index contributed by atoms with van der Waals surface area (Å²) in [7, 11) is -8.82. The molecule has 0 aliphatic carbocycles. The number of carboxylic acid groups (broad SMARTS) is 1. The number of rotatable bonds is 40. The van der Waals surface area contributed by atoms with Crippen molar-refractivity contribution >= 4 is 97.4 Å². The molecule has 38 heteroatoms. The van der Waals surface area contributed by atoms with Crippen LogP contribution in [0.25, 0.3) is 0 Å². The molecule has 0 unspecified atom stereocenters. The molecule has 17 N–H and O–H groups in total. The molecule has 2 aliphatic rings. The number of aliphatic carboxylic acids is 1. The first-order chi connectivity index (χ1) is 56.1. The summed E-state index contributed by atoms with van der Waals surface area (Å²) in [5.41, 5.74) is 15.0. The lowest BCUT2D eigenvalue weighted by molar-refractivity contribution is -0.141. The number of unbranched alkanes of at least 4 members (excludes halogenated alkanes) is 1. The molecule has 674 valence electrons. The maximum atomic E-state index is 15.3. The van der Waals surface area contributed by atoms with Gasteiger partial charge >= 0.3 is 18.2 Å². The zero-order valence-corrected chi connectivity index (χ0v) is 75.5. The van der Waals surface area contributed by atoms with E-state index in [9.17, 15) is 65.1 Å². The minimum absolute atomic E-state index is 0.0165. The maximum absolute atomic E-state index is 15.3. The van der Waals surface area contributed by atoms with Crippen LogP contribution in [0.4, 0.5) is 9.59 Å². The van der Waals surface area contributed by atoms with Crippen molar-refractivity contribution in [1.82, 2.24) is 62.6 Å². The normalized spacial score (nSPS) is 15.9. The Balaban J connectivity index is 1.52. The molecule has 0 saturated heterocycles. The van der Waals surface area contributed by atoms with Crippen LogP contribution < -0.4 is 83.6 Å². The monoisotopic (exact) mass is 1730 g/mol. The molecule has 8 atom stereocenters. The number of alkyl carbamates (subject to hydrolysis) is 2. The molecule has 36 nitrogen and oxygen atoms in total. The van der Waals surface area contributed by atoms with Crippen LogP contribution in [0, 0.1) is 47.5 Å². The molecule has 0 saturated carbocycles. The highest BCUT2D eigenvalue weighted by atomic mass is 32.2. The van der Waals surface area contributed by atoms with E-state index in [-0.39, 0.29) is 93.1 Å². The Hall–Kier alpha value is -10.5. The molecule has 2 aliphatic heterocycles. The Kier molecular flexibility index (Phi) is 36.6. The summed E-state index contributed by atoms with van der Waals surface area (Å²) >= 11 is 0. The van der Waals surface area contributed by atoms with E-state index in [1.807, 2.05) is 27.7 Å². The van der Waals surface area contributed by atoms with E-state index in [0.717, 1.165) is 11.1 Å². The third-order valence-electron chi connectivity index (χ3n) is 20.3. The summed E-state index contributed by atoms with van der Waals surface area (Å²) in [6, 6.07) is -3.08. The third kappa shape index (κ3) is 31.5. The van der Waals surface area contributed by atoms with Gasteiger partial charge in [-0.15, -0.1) is 0 Å². The highest BCUT2D eigenvalue weighted by molar-refractivity contribution is 7.90. The lowest BCUT2D eigenvalue weighted by Crippen LogP contribution is -2.60. The highest BCUT2D eigenvalue weighted by Gasteiger charge is 2.39. The lowest BCUT2D eigenvalue weighted by atomic mass is 9.88. The zero-order chi connectivity index (χ0) is 91.2. The minimum Gasteiger partial charge on any atom is -0.487 e. The van der Waals surface area contributed by atoms with E-state index in [1.54, 1.807) is 134 Å². The van der Waals surface area contributed by atoms with Crippen molar-refractivity contribution in [3.63, 3.8) is 0 Å². The van der Waals surface area contributed by atoms with Crippen molar-refractivity contribution in [2.45, 2.75) is 316 Å². The van der Waals surface area contributed by atoms with Crippen LogP contribution in [0.5, 0.6) is 11.5 Å². The van der Waals surface area contributed by atoms with Crippen molar-refractivity contribution in [2.75, 3.05) is 26.2 Å². The molecular weight excluding hydrogens is 1610 g/mol. The smallest absolute Gasteiger partial charge is 0.408 e. The summed E-state index contributed by atoms with van der Waals surface area (Å²) in [6.07, 6.45) is 0.117. The van der Waals surface area contributed by atoms with Crippen LogP contribution in [-0.4, -0.2) is 196 Å². The van der Waals surface area contributed by atoms with Gasteiger partial charge in [-0.3, -0.25) is 53.1 Å². The predicted molar refractivity (Wildman–Crippen MR) is 456 cm³/mol. The number of nitrogens with one attached hydrogen (secondary N) is 12. The van der Waals surface area contributed by atoms with Crippen molar-refractivity contribution in [2.24, 2.45) is 27.4 Å². The van der Waals surface area contributed by atoms with E-state index < -0.39 is 175 Å². The predicted octanol–water partition coefficient (Wildman–Crippen LogP) is 5.11. The van der Waals surface area contributed by atoms with E-state index in [2.05, 4.69) is 72.6 Å². The average molecular weight is 1740 g/mol. The number of ether oxygens (including phenoxy) is 4. The molecule has 5 rings (SSSR count). The van der Waals surface area contributed by atoms with Gasteiger partial charge < -0.3 is 88.7 Å². The molecule has 0 fully saturated rings. The fourth-order valence-electron chi connectivity index (χ4n) is 13.7. The van der Waals surface area contributed by atoms with Gasteiger partial charge in [0.05, 0.1) is 16.3 Å². The standard InChI is InChI=1S/C83H130N16O20S2/c1-22-57(92-68(101)52(10)91-71(104)60(97-79(111)119-81(15,16)17)32-26-27-39-88-78(110)118-80(12,13)14)70(103)93-58(33-28-40-86-76(84)98-120(112,113)66-48(6)46(4)64-55(50(66)8)35-37-82(18,19)116-64)72(105)94-59(34-29-41-87-77(85)99-121(114,115)67-49(7)47(5)65-56(51(67)9)36-38-83(20,21)117-65)73(106)95-61(42-45(2)3)74(107)96-62(43-54-30-24-23-25-31-54)69(102)89-44-63(100)90-53(11)75(108)109/h23-25,30-31,45,52-53,57-62H,22,26-29,32-44H2,1-21H3,(H,88,110)(H,89,102)(H,90,100)(H,91,104)(H,92,101)(H,93,103)(H,94,105)(H,95,106)(H,96,107)(H,97,111)(H,108,109)(H3,84,86,98)(H3,85,87,99)/t52-,53-,57-,58-,59-,60-,61-,62-/m0/s1. The second-order valence-electron chi connectivity index (χ2n) is 34.5. The van der Waals surface area contributed by atoms with Gasteiger partial charge in [0.2, 0.25) is 59.2 Å². The first kappa shape index (κ1) is 101. The van der Waals surface area contributed by atoms with E-state index in [4.69, 9.17) is 30.4 Å². The molecule has 121 heavy (non-hydrogen) atoms. The number of carboxylic acids is 1. The number of sulfonamides is 2. The third-order valence-corrected chi connectivity index (χ3v) is 23.6. The van der Waals surface area contributed by atoms with Gasteiger partial charge in [0, 0.05) is 26.1 Å². The summed E-state index contributed by atoms with van der Waals surface area (Å²) in [6.45, 7) is 34.5. The summed E-state index contributed by atoms with van der Waals surface area (Å²) in [5.74, 6) is -8.77. The van der Waals surface area contributed by atoms with Gasteiger partial charge in [0.25, 0.3) is 20.0 Å². The van der Waals surface area contributed by atoms with Gasteiger partial charge in [0.1, 0.15) is 82.2 Å². The Morgan fingerprint density at radius 1 is 0.496 bits per heavy atom. The molecule has 0 spiro atoms. The Labute approximate surface area is 711 Å². The number of nitrogens with two attached hydrogens (primary N) is 2. The first-order valence-electron chi connectivity index (χ1n) is 41.0. The maximum Gasteiger partial charge on any atom is 0.408 e. The van der Waals surface area contributed by atoms with Crippen LogP contribution in [0.3, 0.4) is 0 Å². The fourth-order valence-corrected chi connectivity index (χ4v) is 16.7. The van der Waals surface area contributed by atoms with Gasteiger partial charge in [0.15, 0.2) is 0 Å². The van der Waals surface area contributed by atoms with E-state index in [0.29, 0.717) is 82.5 Å². The largest absolute Gasteiger partial charge is 0.487 e. The highest BCUT2D eigenvalue weighted by Crippen LogP contribution is 2.44. The van der Waals surface area contributed by atoms with Crippen LogP contribution in [0.15, 0.2) is 50.1 Å². The van der Waals surface area contributed by atoms with Gasteiger partial charge in [-0.05, 0) is 264 Å². The first-order valence-corrected chi connectivity index (χ1v) is 43.9. The number of hydrogen-bond donors (Lipinski definition) is 15. The molecule has 0 aromatic heterocycles. The van der Waals surface area contributed by atoms with Gasteiger partial charge in [-0.2, -0.15) is 0 Å². The summed E-state index contributed by atoms with van der Waals surface area (Å²) in [5, 5.41) is 35.2. The average Bonchev–Trinajstić information content (AvgIpc) is 0.750. The zero-order valence-electron chi connectivity index (χ0n) is 73.9. The Morgan fingerprint density at radius 2 is 0.909 bits per heavy atom. The SMILES string of the molecule is CC[C@H](NC(=O)[C@H](C)NC(=O)[C@H](CCCCNC(=O)OC(C)(C)C)NC(=O)OC(C)(C)C)C(=O)N[C@@H](CCCN=C(N)NS(=O)(=O)c1c(C)c(C)c2c(c1C)CCC(C)(C)O2)C(=O)N[C@@H](CCCN=C(N)NS(=O)(=O)c1c(C)c(C)c2c(c1C)CCC(C)(C)O2)C(=O)N[C@@H](CC(C)C)C(=O)N[C@@H](Cc1ccccc1)C(=O)NCC(=O)N[C@@H](C)C(=O)O. The van der Waals surface area contributed by atoms with Crippen LogP contribution in [0.1, 0.15) is 225 Å². The topological polar surface area (TPSA) is 534 Å². The van der Waals surface area contributed by atoms with Crippen molar-refractivity contribution in [1.29, 1.82) is 0 Å². The van der Waals surface area contributed by atoms with Crippen molar-refractivity contribution in [3.05, 3.63) is 80.4 Å². The Morgan fingerprint density at radius 3 is 1.36 bits per heavy atom. The molecule has 3 aromatic rings. The van der Waals surface area contributed by atoms with Crippen molar-refractivity contribution in [3.8, 4) is 11.5 Å². The quantitative estimate of drug-likeness (QED) is 0.0200. The molecule has 3 aromatic carbocycles. The number of guanidine groups is 2. The van der Waals surface area contributed by atoms with Gasteiger partial charge in [-0.25, -0.2) is 35.9 Å². The van der Waals surface area contributed by atoms with E-state index in [1.165, 1.54) is 13.8 Å². The second kappa shape index (κ2) is 43.8. The van der Waals surface area contributed by atoms with Crippen LogP contribution in [0.2, 0.25) is 0 Å². The van der Waals surface area contributed by atoms with Crippen molar-refractivity contribution < 1.29 is 93.6 Å². The number of carbonyl (C=O) groups is 11. The number of hydrogen-bond acceptors (Lipinski definition) is 21. The molecular formula is C83H130N16O20S2. The number of nitrogens with zero attached hydrogens (tertiary/aromatic N) is 2. The minimum atomic E-state index is -4.41.